The second-order valence-corrected chi connectivity index (χ2v) is 7.14. The lowest BCUT2D eigenvalue weighted by molar-refractivity contribution is -0.130. The number of amides is 1. The van der Waals surface area contributed by atoms with E-state index in [0.29, 0.717) is 12.5 Å². The first-order valence-electron chi connectivity index (χ1n) is 8.60. The topological polar surface area (TPSA) is 38.1 Å². The van der Waals surface area contributed by atoms with Gasteiger partial charge >= 0.3 is 0 Å². The predicted molar refractivity (Wildman–Crippen MR) is 97.9 cm³/mol. The number of imidazole rings is 1. The summed E-state index contributed by atoms with van der Waals surface area (Å²) in [7, 11) is 0. The number of aromatic nitrogens is 2. The third-order valence-electron chi connectivity index (χ3n) is 4.33. The lowest BCUT2D eigenvalue weighted by atomic mass is 10.00. The highest BCUT2D eigenvalue weighted by molar-refractivity contribution is 5.73. The highest BCUT2D eigenvalue weighted by Gasteiger charge is 2.15. The van der Waals surface area contributed by atoms with Crippen LogP contribution in [0.3, 0.4) is 0 Å². The molecule has 130 valence electrons. The standard InChI is InChI=1S/C20H29N3O/c1-14(2)11-23(18(6)24)13-20-21-7-8-22(20)12-19-16(4)9-15(3)10-17(19)5/h7-10,14H,11-13H2,1-6H3. The summed E-state index contributed by atoms with van der Waals surface area (Å²) < 4.78 is 2.15. The van der Waals surface area contributed by atoms with E-state index in [4.69, 9.17) is 0 Å². The molecule has 24 heavy (non-hydrogen) atoms. The van der Waals surface area contributed by atoms with Gasteiger partial charge in [0.15, 0.2) is 0 Å². The van der Waals surface area contributed by atoms with E-state index in [1.54, 1.807) is 6.92 Å². The molecule has 0 aliphatic carbocycles. The Labute approximate surface area is 145 Å². The molecule has 4 nitrogen and oxygen atoms in total. The number of aryl methyl sites for hydroxylation is 3. The highest BCUT2D eigenvalue weighted by atomic mass is 16.2. The summed E-state index contributed by atoms with van der Waals surface area (Å²) in [6.45, 7) is 14.4. The summed E-state index contributed by atoms with van der Waals surface area (Å²) in [4.78, 5) is 18.3. The molecule has 0 atom stereocenters. The Balaban J connectivity index is 2.23. The summed E-state index contributed by atoms with van der Waals surface area (Å²) in [5.74, 6) is 1.48. The Hall–Kier alpha value is -2.10. The average Bonchev–Trinajstić information content (AvgIpc) is 2.88. The van der Waals surface area contributed by atoms with Crippen LogP contribution in [0, 0.1) is 26.7 Å². The number of carbonyl (C=O) groups excluding carboxylic acids is 1. The van der Waals surface area contributed by atoms with Gasteiger partial charge in [-0.2, -0.15) is 0 Å². The first-order chi connectivity index (χ1) is 11.3. The fourth-order valence-corrected chi connectivity index (χ4v) is 3.18. The van der Waals surface area contributed by atoms with Crippen LogP contribution in [0.5, 0.6) is 0 Å². The third-order valence-corrected chi connectivity index (χ3v) is 4.33. The Morgan fingerprint density at radius 3 is 2.38 bits per heavy atom. The van der Waals surface area contributed by atoms with E-state index in [9.17, 15) is 4.79 Å². The van der Waals surface area contributed by atoms with E-state index in [-0.39, 0.29) is 5.91 Å². The summed E-state index contributed by atoms with van der Waals surface area (Å²) in [5, 5.41) is 0. The van der Waals surface area contributed by atoms with Gasteiger partial charge in [0.2, 0.25) is 5.91 Å². The van der Waals surface area contributed by atoms with Crippen molar-refractivity contribution >= 4 is 5.91 Å². The van der Waals surface area contributed by atoms with Crippen molar-refractivity contribution in [1.29, 1.82) is 0 Å². The van der Waals surface area contributed by atoms with Gasteiger partial charge in [0.1, 0.15) is 5.82 Å². The monoisotopic (exact) mass is 327 g/mol. The van der Waals surface area contributed by atoms with Crippen LogP contribution in [-0.4, -0.2) is 26.9 Å². The third kappa shape index (κ3) is 4.47. The Kier molecular flexibility index (Phi) is 5.81. The molecular weight excluding hydrogens is 298 g/mol. The molecule has 2 rings (SSSR count). The van der Waals surface area contributed by atoms with Crippen molar-refractivity contribution in [2.24, 2.45) is 5.92 Å². The maximum absolute atomic E-state index is 11.9. The molecule has 0 saturated heterocycles. The molecule has 0 aliphatic heterocycles. The molecule has 1 aromatic carbocycles. The van der Waals surface area contributed by atoms with Crippen LogP contribution in [0.15, 0.2) is 24.5 Å². The van der Waals surface area contributed by atoms with Gasteiger partial charge in [-0.1, -0.05) is 31.5 Å². The summed E-state index contributed by atoms with van der Waals surface area (Å²) in [6, 6.07) is 4.44. The maximum atomic E-state index is 11.9. The number of rotatable bonds is 6. The molecule has 1 amide bonds. The van der Waals surface area contributed by atoms with Gasteiger partial charge in [0, 0.05) is 32.4 Å². The van der Waals surface area contributed by atoms with E-state index in [0.717, 1.165) is 18.9 Å². The van der Waals surface area contributed by atoms with Gasteiger partial charge < -0.3 is 9.47 Å². The van der Waals surface area contributed by atoms with Gasteiger partial charge in [-0.15, -0.1) is 0 Å². The zero-order valence-corrected chi connectivity index (χ0v) is 15.8. The molecule has 0 fully saturated rings. The Bertz CT molecular complexity index is 692. The Morgan fingerprint density at radius 2 is 1.83 bits per heavy atom. The molecule has 4 heteroatoms. The summed E-state index contributed by atoms with van der Waals surface area (Å²) >= 11 is 0. The zero-order chi connectivity index (χ0) is 17.9. The number of hydrogen-bond acceptors (Lipinski definition) is 2. The fraction of sp³-hybridized carbons (Fsp3) is 0.500. The van der Waals surface area contributed by atoms with E-state index < -0.39 is 0 Å². The van der Waals surface area contributed by atoms with Crippen LogP contribution in [0.25, 0.3) is 0 Å². The van der Waals surface area contributed by atoms with E-state index >= 15 is 0 Å². The van der Waals surface area contributed by atoms with E-state index in [2.05, 4.69) is 56.3 Å². The van der Waals surface area contributed by atoms with Gasteiger partial charge in [-0.3, -0.25) is 4.79 Å². The predicted octanol–water partition coefficient (Wildman–Crippen LogP) is 3.86. The molecule has 0 radical (unpaired) electrons. The van der Waals surface area contributed by atoms with Gasteiger partial charge in [-0.05, 0) is 43.4 Å². The van der Waals surface area contributed by atoms with Gasteiger partial charge in [0.05, 0.1) is 6.54 Å². The quantitative estimate of drug-likeness (QED) is 0.808. The van der Waals surface area contributed by atoms with Gasteiger partial charge in [0.25, 0.3) is 0 Å². The van der Waals surface area contributed by atoms with Crippen molar-refractivity contribution < 1.29 is 4.79 Å². The molecule has 0 N–H and O–H groups in total. The van der Waals surface area contributed by atoms with Crippen LogP contribution >= 0.6 is 0 Å². The van der Waals surface area contributed by atoms with Crippen LogP contribution in [0.4, 0.5) is 0 Å². The fourth-order valence-electron chi connectivity index (χ4n) is 3.18. The lowest BCUT2D eigenvalue weighted by Gasteiger charge is -2.23. The van der Waals surface area contributed by atoms with E-state index in [1.807, 2.05) is 17.3 Å². The number of nitrogens with zero attached hydrogens (tertiary/aromatic N) is 3. The first kappa shape index (κ1) is 18.2. The van der Waals surface area contributed by atoms with Crippen molar-refractivity contribution in [2.45, 2.75) is 54.6 Å². The maximum Gasteiger partial charge on any atom is 0.219 e. The normalized spacial score (nSPS) is 11.1. The molecule has 0 saturated carbocycles. The number of benzene rings is 1. The van der Waals surface area contributed by atoms with Crippen molar-refractivity contribution in [3.05, 3.63) is 52.6 Å². The van der Waals surface area contributed by atoms with Gasteiger partial charge in [-0.25, -0.2) is 4.98 Å². The lowest BCUT2D eigenvalue weighted by Crippen LogP contribution is -2.33. The minimum atomic E-state index is 0.0981. The SMILES string of the molecule is CC(=O)N(Cc1nccn1Cc1c(C)cc(C)cc1C)CC(C)C. The van der Waals surface area contributed by atoms with Crippen molar-refractivity contribution in [3.8, 4) is 0 Å². The average molecular weight is 327 g/mol. The smallest absolute Gasteiger partial charge is 0.219 e. The van der Waals surface area contributed by atoms with Crippen LogP contribution in [0.2, 0.25) is 0 Å². The molecular formula is C20H29N3O. The van der Waals surface area contributed by atoms with Crippen LogP contribution < -0.4 is 0 Å². The molecule has 1 heterocycles. The first-order valence-corrected chi connectivity index (χ1v) is 8.60. The minimum Gasteiger partial charge on any atom is -0.335 e. The summed E-state index contributed by atoms with van der Waals surface area (Å²) in [5.41, 5.74) is 5.23. The second-order valence-electron chi connectivity index (χ2n) is 7.14. The van der Waals surface area contributed by atoms with E-state index in [1.165, 1.54) is 22.3 Å². The number of carbonyl (C=O) groups is 1. The second kappa shape index (κ2) is 7.65. The van der Waals surface area contributed by atoms with Crippen LogP contribution in [-0.2, 0) is 17.9 Å². The molecule has 0 unspecified atom stereocenters. The number of hydrogen-bond donors (Lipinski definition) is 0. The zero-order valence-electron chi connectivity index (χ0n) is 15.8. The largest absolute Gasteiger partial charge is 0.335 e. The van der Waals surface area contributed by atoms with Crippen molar-refractivity contribution in [3.63, 3.8) is 0 Å². The summed E-state index contributed by atoms with van der Waals surface area (Å²) in [6.07, 6.45) is 3.82. The Morgan fingerprint density at radius 1 is 1.21 bits per heavy atom. The highest BCUT2D eigenvalue weighted by Crippen LogP contribution is 2.19. The molecule has 0 bridgehead atoms. The molecule has 0 spiro atoms. The minimum absolute atomic E-state index is 0.0981. The molecule has 0 aliphatic rings. The molecule has 1 aromatic heterocycles. The molecule has 2 aromatic rings. The van der Waals surface area contributed by atoms with Crippen LogP contribution in [0.1, 0.15) is 48.8 Å². The van der Waals surface area contributed by atoms with Crippen molar-refractivity contribution in [1.82, 2.24) is 14.5 Å². The van der Waals surface area contributed by atoms with Crippen molar-refractivity contribution in [2.75, 3.05) is 6.54 Å².